The van der Waals surface area contributed by atoms with Crippen LogP contribution in [0.2, 0.25) is 0 Å². The predicted molar refractivity (Wildman–Crippen MR) is 104 cm³/mol. The van der Waals surface area contributed by atoms with Crippen molar-refractivity contribution in [3.63, 3.8) is 0 Å². The van der Waals surface area contributed by atoms with Crippen molar-refractivity contribution in [3.05, 3.63) is 51.7 Å². The maximum Gasteiger partial charge on any atom is 0.266 e. The lowest BCUT2D eigenvalue weighted by Crippen LogP contribution is -2.29. The number of hydrogen-bond donors (Lipinski definition) is 0. The van der Waals surface area contributed by atoms with Crippen molar-refractivity contribution in [1.29, 1.82) is 0 Å². The molecule has 1 aliphatic rings. The molecule has 25 heavy (non-hydrogen) atoms. The van der Waals surface area contributed by atoms with Crippen molar-refractivity contribution in [2.75, 3.05) is 13.7 Å². The molecule has 0 unspecified atom stereocenters. The van der Waals surface area contributed by atoms with Gasteiger partial charge in [0.2, 0.25) is 0 Å². The highest BCUT2D eigenvalue weighted by molar-refractivity contribution is 9.10. The van der Waals surface area contributed by atoms with Crippen LogP contribution < -0.4 is 4.74 Å². The van der Waals surface area contributed by atoms with Gasteiger partial charge in [-0.3, -0.25) is 9.69 Å². The van der Waals surface area contributed by atoms with Crippen molar-refractivity contribution in [1.82, 2.24) is 4.90 Å². The Morgan fingerprint density at radius 1 is 1.28 bits per heavy atom. The number of carbonyl (C=O) groups is 1. The lowest BCUT2D eigenvalue weighted by atomic mass is 10.3. The van der Waals surface area contributed by atoms with Crippen molar-refractivity contribution in [2.45, 2.75) is 13.3 Å². The molecule has 0 saturated carbocycles. The molecule has 1 amide bonds. The Morgan fingerprint density at radius 2 is 2.04 bits per heavy atom. The molecule has 0 spiro atoms. The number of rotatable bonds is 5. The first kappa shape index (κ1) is 17.8. The fourth-order valence-corrected chi connectivity index (χ4v) is 3.64. The molecule has 0 atom stereocenters. The van der Waals surface area contributed by atoms with Crippen LogP contribution in [0.15, 0.2) is 55.4 Å². The van der Waals surface area contributed by atoms with Gasteiger partial charge in [0.25, 0.3) is 5.91 Å². The van der Waals surface area contributed by atoms with Crippen LogP contribution in [0.5, 0.6) is 5.75 Å². The van der Waals surface area contributed by atoms with Crippen LogP contribution in [0, 0.1) is 0 Å². The summed E-state index contributed by atoms with van der Waals surface area (Å²) in [4.78, 5) is 19.6. The second-order valence-electron chi connectivity index (χ2n) is 5.30. The summed E-state index contributed by atoms with van der Waals surface area (Å²) < 4.78 is 11.3. The molecule has 3 rings (SSSR count). The van der Waals surface area contributed by atoms with Crippen LogP contribution in [0.1, 0.15) is 19.1 Å². The lowest BCUT2D eigenvalue weighted by molar-refractivity contribution is -0.122. The molecule has 130 valence electrons. The Labute approximate surface area is 158 Å². The Bertz CT molecular complexity index is 827. The molecule has 7 heteroatoms. The highest BCUT2D eigenvalue weighted by Gasteiger charge is 2.33. The molecule has 0 radical (unpaired) electrons. The first-order valence-corrected chi connectivity index (χ1v) is 9.41. The molecule has 5 nitrogen and oxygen atoms in total. The van der Waals surface area contributed by atoms with E-state index in [4.69, 9.17) is 9.15 Å². The summed E-state index contributed by atoms with van der Waals surface area (Å²) in [5.41, 5.74) is 0.777. The predicted octanol–water partition coefficient (Wildman–Crippen LogP) is 5.06. The monoisotopic (exact) mass is 420 g/mol. The molecule has 1 aliphatic heterocycles. The molecule has 0 N–H and O–H groups in total. The van der Waals surface area contributed by atoms with E-state index in [-0.39, 0.29) is 5.91 Å². The molecule has 0 aliphatic carbocycles. The normalized spacial score (nSPS) is 17.7. The molecule has 1 fully saturated rings. The number of benzene rings is 1. The van der Waals surface area contributed by atoms with Crippen LogP contribution in [0.3, 0.4) is 0 Å². The molecule has 2 aromatic rings. The molecule has 0 bridgehead atoms. The van der Waals surface area contributed by atoms with E-state index in [2.05, 4.69) is 20.9 Å². The number of amides is 1. The first-order valence-electron chi connectivity index (χ1n) is 7.80. The summed E-state index contributed by atoms with van der Waals surface area (Å²) in [6, 6.07) is 11.0. The quantitative estimate of drug-likeness (QED) is 0.633. The number of hydrogen-bond acceptors (Lipinski definition) is 5. The molecule has 1 aromatic carbocycles. The number of nitrogens with zero attached hydrogens (tertiary/aromatic N) is 2. The number of thioether (sulfide) groups is 1. The number of furan rings is 1. The van der Waals surface area contributed by atoms with Gasteiger partial charge in [-0.2, -0.15) is 0 Å². The Hall–Kier alpha value is -1.99. The van der Waals surface area contributed by atoms with Crippen molar-refractivity contribution in [3.8, 4) is 5.75 Å². The van der Waals surface area contributed by atoms with Gasteiger partial charge < -0.3 is 9.15 Å². The van der Waals surface area contributed by atoms with Crippen molar-refractivity contribution >= 4 is 50.5 Å². The number of halogens is 1. The zero-order valence-electron chi connectivity index (χ0n) is 13.9. The second-order valence-corrected chi connectivity index (χ2v) is 7.09. The maximum absolute atomic E-state index is 12.7. The third-order valence-corrected chi connectivity index (χ3v) is 4.93. The average Bonchev–Trinajstić information content (AvgIpc) is 3.14. The van der Waals surface area contributed by atoms with Gasteiger partial charge in [0.15, 0.2) is 9.84 Å². The summed E-state index contributed by atoms with van der Waals surface area (Å²) in [5.74, 6) is 1.35. The number of amidine groups is 1. The van der Waals surface area contributed by atoms with Gasteiger partial charge >= 0.3 is 0 Å². The SMILES string of the molecule is CCCN1C(=O)C(=Cc2ccc(Br)o2)SC1=Nc1ccc(OC)cc1. The minimum Gasteiger partial charge on any atom is -0.497 e. The Morgan fingerprint density at radius 3 is 2.64 bits per heavy atom. The summed E-state index contributed by atoms with van der Waals surface area (Å²) in [5, 5.41) is 0.675. The van der Waals surface area contributed by atoms with E-state index in [1.165, 1.54) is 11.8 Å². The van der Waals surface area contributed by atoms with Gasteiger partial charge in [0, 0.05) is 12.6 Å². The van der Waals surface area contributed by atoms with Gasteiger partial charge in [-0.15, -0.1) is 0 Å². The Balaban J connectivity index is 1.90. The molecular formula is C18H17BrN2O3S. The maximum atomic E-state index is 12.7. The minimum absolute atomic E-state index is 0.0494. The lowest BCUT2D eigenvalue weighted by Gasteiger charge is -2.13. The van der Waals surface area contributed by atoms with E-state index in [1.54, 1.807) is 24.2 Å². The standard InChI is InChI=1S/C18H17BrN2O3S/c1-3-10-21-17(22)15(11-14-8-9-16(19)24-14)25-18(21)20-12-4-6-13(23-2)7-5-12/h4-9,11H,3,10H2,1-2H3. The number of methoxy groups -OCH3 is 1. The highest BCUT2D eigenvalue weighted by atomic mass is 79.9. The third-order valence-electron chi connectivity index (χ3n) is 3.50. The van der Waals surface area contributed by atoms with Gasteiger partial charge in [0.1, 0.15) is 11.5 Å². The van der Waals surface area contributed by atoms with E-state index in [0.717, 1.165) is 17.9 Å². The van der Waals surface area contributed by atoms with E-state index < -0.39 is 0 Å². The van der Waals surface area contributed by atoms with Gasteiger partial charge in [-0.25, -0.2) is 4.99 Å². The van der Waals surface area contributed by atoms with E-state index in [1.807, 2.05) is 37.3 Å². The minimum atomic E-state index is -0.0494. The van der Waals surface area contributed by atoms with Crippen LogP contribution in [0.4, 0.5) is 5.69 Å². The third kappa shape index (κ3) is 4.16. The van der Waals surface area contributed by atoms with Gasteiger partial charge in [-0.1, -0.05) is 6.92 Å². The van der Waals surface area contributed by atoms with Crippen molar-refractivity contribution < 1.29 is 13.9 Å². The zero-order valence-corrected chi connectivity index (χ0v) is 16.3. The van der Waals surface area contributed by atoms with E-state index >= 15 is 0 Å². The first-order chi connectivity index (χ1) is 12.1. The number of carbonyl (C=O) groups excluding carboxylic acids is 1. The molecule has 2 heterocycles. The van der Waals surface area contributed by atoms with Crippen molar-refractivity contribution in [2.24, 2.45) is 4.99 Å². The van der Waals surface area contributed by atoms with E-state index in [9.17, 15) is 4.79 Å². The van der Waals surface area contributed by atoms with Crippen LogP contribution in [-0.2, 0) is 4.79 Å². The fourth-order valence-electron chi connectivity index (χ4n) is 2.31. The molecular weight excluding hydrogens is 404 g/mol. The Kier molecular flexibility index (Phi) is 5.65. The largest absolute Gasteiger partial charge is 0.497 e. The van der Waals surface area contributed by atoms with Gasteiger partial charge in [-0.05, 0) is 70.5 Å². The summed E-state index contributed by atoms with van der Waals surface area (Å²) in [7, 11) is 1.62. The molecule has 1 aromatic heterocycles. The fraction of sp³-hybridized carbons (Fsp3) is 0.222. The van der Waals surface area contributed by atoms with Crippen LogP contribution in [-0.4, -0.2) is 29.6 Å². The molecule has 1 saturated heterocycles. The number of ether oxygens (including phenoxy) is 1. The second kappa shape index (κ2) is 7.93. The van der Waals surface area contributed by atoms with Crippen LogP contribution >= 0.6 is 27.7 Å². The van der Waals surface area contributed by atoms with E-state index in [0.29, 0.717) is 27.0 Å². The topological polar surface area (TPSA) is 55.0 Å². The summed E-state index contributed by atoms with van der Waals surface area (Å²) in [6.45, 7) is 2.66. The zero-order chi connectivity index (χ0) is 17.8. The summed E-state index contributed by atoms with van der Waals surface area (Å²) >= 11 is 4.63. The summed E-state index contributed by atoms with van der Waals surface area (Å²) in [6.07, 6.45) is 2.60. The smallest absolute Gasteiger partial charge is 0.266 e. The number of aliphatic imine (C=N–C) groups is 1. The van der Waals surface area contributed by atoms with Gasteiger partial charge in [0.05, 0.1) is 17.7 Å². The average molecular weight is 421 g/mol. The highest BCUT2D eigenvalue weighted by Crippen LogP contribution is 2.35. The van der Waals surface area contributed by atoms with Crippen LogP contribution in [0.25, 0.3) is 6.08 Å².